The van der Waals surface area contributed by atoms with E-state index in [-0.39, 0.29) is 17.9 Å². The van der Waals surface area contributed by atoms with Gasteiger partial charge in [0.2, 0.25) is 5.91 Å². The molecular formula is C27H38N4O3. The minimum Gasteiger partial charge on any atom is -0.457 e. The van der Waals surface area contributed by atoms with Crippen LogP contribution in [0.15, 0.2) is 54.6 Å². The molecule has 3 amide bonds. The third-order valence-electron chi connectivity index (χ3n) is 6.32. The highest BCUT2D eigenvalue weighted by Gasteiger charge is 2.27. The molecule has 2 aromatic rings. The first-order valence-corrected chi connectivity index (χ1v) is 12.4. The largest absolute Gasteiger partial charge is 0.457 e. The maximum atomic E-state index is 12.6. The fourth-order valence-corrected chi connectivity index (χ4v) is 4.18. The third kappa shape index (κ3) is 8.06. The van der Waals surface area contributed by atoms with Gasteiger partial charge < -0.3 is 25.2 Å². The van der Waals surface area contributed by atoms with Crippen LogP contribution in [0.1, 0.15) is 38.7 Å². The van der Waals surface area contributed by atoms with Crippen LogP contribution >= 0.6 is 0 Å². The summed E-state index contributed by atoms with van der Waals surface area (Å²) in [7, 11) is 0. The van der Waals surface area contributed by atoms with Gasteiger partial charge in [-0.2, -0.15) is 0 Å². The average molecular weight is 467 g/mol. The van der Waals surface area contributed by atoms with Crippen molar-refractivity contribution in [2.45, 2.75) is 39.7 Å². The molecule has 1 heterocycles. The fraction of sp³-hybridized carbons (Fsp3) is 0.481. The molecule has 184 valence electrons. The number of carbonyl (C=O) groups excluding carboxylic acids is 2. The van der Waals surface area contributed by atoms with E-state index < -0.39 is 0 Å². The number of urea groups is 1. The molecule has 3 rings (SSSR count). The zero-order valence-electron chi connectivity index (χ0n) is 20.5. The average Bonchev–Trinajstić information content (AvgIpc) is 2.88. The molecule has 34 heavy (non-hydrogen) atoms. The maximum absolute atomic E-state index is 12.6. The molecule has 7 heteroatoms. The van der Waals surface area contributed by atoms with E-state index in [0.29, 0.717) is 39.0 Å². The van der Waals surface area contributed by atoms with Gasteiger partial charge in [0, 0.05) is 32.1 Å². The van der Waals surface area contributed by atoms with Crippen molar-refractivity contribution < 1.29 is 14.3 Å². The van der Waals surface area contributed by atoms with Gasteiger partial charge >= 0.3 is 6.03 Å². The minimum atomic E-state index is -0.0903. The van der Waals surface area contributed by atoms with Gasteiger partial charge in [0.25, 0.3) is 0 Å². The Kier molecular flexibility index (Phi) is 10.2. The number of ether oxygens (including phenoxy) is 1. The number of para-hydroxylation sites is 1. The summed E-state index contributed by atoms with van der Waals surface area (Å²) in [6.07, 6.45) is 2.37. The lowest BCUT2D eigenvalue weighted by Gasteiger charge is -2.31. The first-order chi connectivity index (χ1) is 16.6. The Hall–Kier alpha value is -3.06. The first kappa shape index (κ1) is 25.6. The SMILES string of the molecule is CCN(CC)CCCNC(=O)C1CCN(C(=O)NCc2cccc(Oc3ccccc3)c2)CC1. The molecule has 1 aliphatic rings. The fourth-order valence-electron chi connectivity index (χ4n) is 4.18. The van der Waals surface area contributed by atoms with Crippen LogP contribution in [0.5, 0.6) is 11.5 Å². The molecule has 0 spiro atoms. The lowest BCUT2D eigenvalue weighted by molar-refractivity contribution is -0.126. The Morgan fingerprint density at radius 2 is 1.68 bits per heavy atom. The van der Waals surface area contributed by atoms with Crippen LogP contribution in [-0.2, 0) is 11.3 Å². The molecule has 1 fully saturated rings. The van der Waals surface area contributed by atoms with E-state index in [0.717, 1.165) is 43.1 Å². The highest BCUT2D eigenvalue weighted by molar-refractivity contribution is 5.79. The van der Waals surface area contributed by atoms with Crippen molar-refractivity contribution in [1.29, 1.82) is 0 Å². The van der Waals surface area contributed by atoms with Gasteiger partial charge in [-0.1, -0.05) is 44.2 Å². The second kappa shape index (κ2) is 13.6. The van der Waals surface area contributed by atoms with E-state index in [4.69, 9.17) is 4.74 Å². The van der Waals surface area contributed by atoms with Crippen molar-refractivity contribution >= 4 is 11.9 Å². The maximum Gasteiger partial charge on any atom is 0.317 e. The van der Waals surface area contributed by atoms with Gasteiger partial charge in [-0.05, 0) is 68.7 Å². The summed E-state index contributed by atoms with van der Waals surface area (Å²) in [6, 6.07) is 17.3. The molecular weight excluding hydrogens is 428 g/mol. The van der Waals surface area contributed by atoms with Crippen LogP contribution in [0.2, 0.25) is 0 Å². The van der Waals surface area contributed by atoms with Crippen LogP contribution in [-0.4, -0.2) is 61.0 Å². The first-order valence-electron chi connectivity index (χ1n) is 12.4. The standard InChI is InChI=1S/C27H38N4O3/c1-3-30(4-2)17-9-16-28-26(32)23-14-18-31(19-15-23)27(33)29-21-22-10-8-13-25(20-22)34-24-11-6-5-7-12-24/h5-8,10-13,20,23H,3-4,9,14-19,21H2,1-2H3,(H,28,32)(H,29,33). The van der Waals surface area contributed by atoms with Crippen LogP contribution < -0.4 is 15.4 Å². The van der Waals surface area contributed by atoms with Crippen LogP contribution in [0, 0.1) is 5.92 Å². The van der Waals surface area contributed by atoms with Gasteiger partial charge in [-0.25, -0.2) is 4.79 Å². The Morgan fingerprint density at radius 1 is 0.971 bits per heavy atom. The highest BCUT2D eigenvalue weighted by Crippen LogP contribution is 2.22. The summed E-state index contributed by atoms with van der Waals surface area (Å²) in [5, 5.41) is 6.07. The van der Waals surface area contributed by atoms with Crippen molar-refractivity contribution in [1.82, 2.24) is 20.4 Å². The predicted molar refractivity (Wildman–Crippen MR) is 135 cm³/mol. The van der Waals surface area contributed by atoms with E-state index in [1.807, 2.05) is 54.6 Å². The van der Waals surface area contributed by atoms with Crippen LogP contribution in [0.25, 0.3) is 0 Å². The van der Waals surface area contributed by atoms with Crippen molar-refractivity contribution in [3.05, 3.63) is 60.2 Å². The number of benzene rings is 2. The van der Waals surface area contributed by atoms with Crippen LogP contribution in [0.3, 0.4) is 0 Å². The van der Waals surface area contributed by atoms with Crippen molar-refractivity contribution in [3.8, 4) is 11.5 Å². The number of hydrogen-bond donors (Lipinski definition) is 2. The molecule has 1 aliphatic heterocycles. The van der Waals surface area contributed by atoms with Crippen molar-refractivity contribution in [2.75, 3.05) is 39.3 Å². The molecule has 1 saturated heterocycles. The molecule has 0 saturated carbocycles. The number of rotatable bonds is 11. The normalized spacial score (nSPS) is 14.1. The van der Waals surface area contributed by atoms with Crippen LogP contribution in [0.4, 0.5) is 4.79 Å². The summed E-state index contributed by atoms with van der Waals surface area (Å²) in [5.74, 6) is 1.63. The summed E-state index contributed by atoms with van der Waals surface area (Å²) >= 11 is 0. The second-order valence-electron chi connectivity index (χ2n) is 8.65. The van der Waals surface area contributed by atoms with E-state index in [1.165, 1.54) is 0 Å². The Bertz CT molecular complexity index is 894. The topological polar surface area (TPSA) is 73.9 Å². The van der Waals surface area contributed by atoms with E-state index in [2.05, 4.69) is 29.4 Å². The zero-order valence-corrected chi connectivity index (χ0v) is 20.5. The Labute approximate surface area is 203 Å². The minimum absolute atomic E-state index is 0.00989. The molecule has 2 N–H and O–H groups in total. The number of piperidine rings is 1. The van der Waals surface area contributed by atoms with Crippen molar-refractivity contribution in [3.63, 3.8) is 0 Å². The number of nitrogens with zero attached hydrogens (tertiary/aromatic N) is 2. The molecule has 0 radical (unpaired) electrons. The molecule has 0 aliphatic carbocycles. The number of likely N-dealkylation sites (tertiary alicyclic amines) is 1. The molecule has 0 bridgehead atoms. The number of carbonyl (C=O) groups is 2. The van der Waals surface area contributed by atoms with Gasteiger partial charge in [0.05, 0.1) is 0 Å². The van der Waals surface area contributed by atoms with Gasteiger partial charge in [0.1, 0.15) is 11.5 Å². The Morgan fingerprint density at radius 3 is 2.38 bits per heavy atom. The lowest BCUT2D eigenvalue weighted by Crippen LogP contribution is -2.46. The van der Waals surface area contributed by atoms with Crippen molar-refractivity contribution in [2.24, 2.45) is 5.92 Å². The van der Waals surface area contributed by atoms with E-state index in [9.17, 15) is 9.59 Å². The summed E-state index contributed by atoms with van der Waals surface area (Å²) < 4.78 is 5.87. The van der Waals surface area contributed by atoms with Gasteiger partial charge in [-0.15, -0.1) is 0 Å². The molecule has 0 unspecified atom stereocenters. The third-order valence-corrected chi connectivity index (χ3v) is 6.32. The predicted octanol–water partition coefficient (Wildman–Crippen LogP) is 4.25. The Balaban J connectivity index is 1.36. The zero-order chi connectivity index (χ0) is 24.2. The van der Waals surface area contributed by atoms with Gasteiger partial charge in [0.15, 0.2) is 0 Å². The smallest absolute Gasteiger partial charge is 0.317 e. The molecule has 0 aromatic heterocycles. The summed E-state index contributed by atoms with van der Waals surface area (Å²) in [5.41, 5.74) is 0.973. The van der Waals surface area contributed by atoms with Gasteiger partial charge in [-0.3, -0.25) is 4.79 Å². The molecule has 7 nitrogen and oxygen atoms in total. The number of hydrogen-bond acceptors (Lipinski definition) is 4. The number of nitrogens with one attached hydrogen (secondary N) is 2. The lowest BCUT2D eigenvalue weighted by atomic mass is 9.96. The summed E-state index contributed by atoms with van der Waals surface area (Å²) in [6.45, 7) is 9.73. The molecule has 0 atom stereocenters. The highest BCUT2D eigenvalue weighted by atomic mass is 16.5. The number of amides is 3. The molecule has 2 aromatic carbocycles. The quantitative estimate of drug-likeness (QED) is 0.486. The second-order valence-corrected chi connectivity index (χ2v) is 8.65. The monoisotopic (exact) mass is 466 g/mol. The summed E-state index contributed by atoms with van der Waals surface area (Å²) in [4.78, 5) is 29.3. The van der Waals surface area contributed by atoms with E-state index in [1.54, 1.807) is 4.90 Å². The van der Waals surface area contributed by atoms with E-state index >= 15 is 0 Å².